The SMILES string of the molecule is CC(C)(CNCCc1ccsc1)S(C)(=O)=O. The number of nitrogens with one attached hydrogen (secondary N) is 1. The molecule has 0 aliphatic rings. The Bertz CT molecular complexity index is 407. The molecule has 0 bridgehead atoms. The molecule has 0 aliphatic carbocycles. The lowest BCUT2D eigenvalue weighted by Crippen LogP contribution is -2.42. The molecule has 1 heterocycles. The van der Waals surface area contributed by atoms with E-state index in [1.54, 1.807) is 25.2 Å². The van der Waals surface area contributed by atoms with E-state index in [4.69, 9.17) is 0 Å². The number of thiophene rings is 1. The maximum Gasteiger partial charge on any atom is 0.153 e. The van der Waals surface area contributed by atoms with Gasteiger partial charge in [-0.15, -0.1) is 0 Å². The summed E-state index contributed by atoms with van der Waals surface area (Å²) in [6, 6.07) is 2.09. The van der Waals surface area contributed by atoms with Crippen LogP contribution in [0.5, 0.6) is 0 Å². The monoisotopic (exact) mass is 261 g/mol. The second kappa shape index (κ2) is 5.29. The van der Waals surface area contributed by atoms with E-state index in [-0.39, 0.29) is 0 Å². The Hall–Kier alpha value is -0.390. The van der Waals surface area contributed by atoms with Gasteiger partial charge in [-0.2, -0.15) is 11.3 Å². The second-order valence-corrected chi connectivity index (χ2v) is 8.02. The van der Waals surface area contributed by atoms with Crippen LogP contribution in [0, 0.1) is 0 Å². The smallest absolute Gasteiger partial charge is 0.153 e. The van der Waals surface area contributed by atoms with Gasteiger partial charge in [0.05, 0.1) is 4.75 Å². The first kappa shape index (κ1) is 13.7. The zero-order valence-electron chi connectivity index (χ0n) is 9.99. The summed E-state index contributed by atoms with van der Waals surface area (Å²) < 4.78 is 22.2. The van der Waals surface area contributed by atoms with Gasteiger partial charge in [0.1, 0.15) is 0 Å². The Kier molecular flexibility index (Phi) is 4.52. The van der Waals surface area contributed by atoms with E-state index in [9.17, 15) is 8.42 Å². The van der Waals surface area contributed by atoms with Crippen molar-refractivity contribution in [1.29, 1.82) is 0 Å². The summed E-state index contributed by atoms with van der Waals surface area (Å²) in [7, 11) is -3.00. The molecule has 0 aliphatic heterocycles. The topological polar surface area (TPSA) is 46.2 Å². The highest BCUT2D eigenvalue weighted by molar-refractivity contribution is 7.92. The number of hydrogen-bond donors (Lipinski definition) is 1. The molecule has 0 saturated heterocycles. The molecule has 1 aromatic heterocycles. The van der Waals surface area contributed by atoms with Gasteiger partial charge in [-0.05, 0) is 49.2 Å². The first-order chi connectivity index (χ1) is 7.33. The summed E-state index contributed by atoms with van der Waals surface area (Å²) in [6.45, 7) is 4.81. The molecule has 0 saturated carbocycles. The summed E-state index contributed by atoms with van der Waals surface area (Å²) in [5, 5.41) is 7.36. The Morgan fingerprint density at radius 2 is 2.12 bits per heavy atom. The highest BCUT2D eigenvalue weighted by Gasteiger charge is 2.29. The minimum absolute atomic E-state index is 0.496. The fraction of sp³-hybridized carbons (Fsp3) is 0.636. The van der Waals surface area contributed by atoms with E-state index >= 15 is 0 Å². The van der Waals surface area contributed by atoms with E-state index in [2.05, 4.69) is 22.1 Å². The zero-order valence-corrected chi connectivity index (χ0v) is 11.6. The van der Waals surface area contributed by atoms with Gasteiger partial charge in [-0.3, -0.25) is 0 Å². The van der Waals surface area contributed by atoms with E-state index in [1.807, 2.05) is 0 Å². The summed E-state index contributed by atoms with van der Waals surface area (Å²) in [5.74, 6) is 0. The van der Waals surface area contributed by atoms with Crippen LogP contribution in [-0.4, -0.2) is 32.5 Å². The van der Waals surface area contributed by atoms with E-state index < -0.39 is 14.6 Å². The minimum atomic E-state index is -3.00. The summed E-state index contributed by atoms with van der Waals surface area (Å²) >= 11 is 1.68. The number of hydrogen-bond acceptors (Lipinski definition) is 4. The molecule has 1 aromatic rings. The average Bonchev–Trinajstić information content (AvgIpc) is 2.63. The van der Waals surface area contributed by atoms with Crippen molar-refractivity contribution >= 4 is 21.2 Å². The van der Waals surface area contributed by atoms with Crippen molar-refractivity contribution in [2.75, 3.05) is 19.3 Å². The molecule has 92 valence electrons. The molecule has 0 aromatic carbocycles. The maximum absolute atomic E-state index is 11.4. The van der Waals surface area contributed by atoms with Crippen LogP contribution in [0.4, 0.5) is 0 Å². The third-order valence-corrected chi connectivity index (χ3v) is 5.61. The Morgan fingerprint density at radius 3 is 2.62 bits per heavy atom. The quantitative estimate of drug-likeness (QED) is 0.793. The molecule has 0 spiro atoms. The first-order valence-electron chi connectivity index (χ1n) is 5.24. The van der Waals surface area contributed by atoms with Crippen LogP contribution in [0.3, 0.4) is 0 Å². The third-order valence-electron chi connectivity index (χ3n) is 2.73. The van der Waals surface area contributed by atoms with Crippen molar-refractivity contribution in [3.63, 3.8) is 0 Å². The van der Waals surface area contributed by atoms with Gasteiger partial charge in [-0.25, -0.2) is 8.42 Å². The first-order valence-corrected chi connectivity index (χ1v) is 8.08. The van der Waals surface area contributed by atoms with Crippen LogP contribution in [0.25, 0.3) is 0 Å². The Morgan fingerprint density at radius 1 is 1.44 bits per heavy atom. The number of sulfone groups is 1. The molecular formula is C11H19NO2S2. The van der Waals surface area contributed by atoms with E-state index in [1.165, 1.54) is 11.8 Å². The van der Waals surface area contributed by atoms with Crippen LogP contribution in [0.15, 0.2) is 16.8 Å². The zero-order chi connectivity index (χ0) is 12.2. The van der Waals surface area contributed by atoms with Crippen molar-refractivity contribution in [2.45, 2.75) is 25.0 Å². The molecule has 5 heteroatoms. The fourth-order valence-corrected chi connectivity index (χ4v) is 2.26. The van der Waals surface area contributed by atoms with Crippen LogP contribution in [0.1, 0.15) is 19.4 Å². The van der Waals surface area contributed by atoms with Gasteiger partial charge in [0, 0.05) is 12.8 Å². The summed E-state index contributed by atoms with van der Waals surface area (Å²) in [4.78, 5) is 0. The lowest BCUT2D eigenvalue weighted by molar-refractivity contribution is 0.523. The minimum Gasteiger partial charge on any atom is -0.315 e. The van der Waals surface area contributed by atoms with E-state index in [0.717, 1.165) is 13.0 Å². The molecule has 1 N–H and O–H groups in total. The van der Waals surface area contributed by atoms with Crippen LogP contribution >= 0.6 is 11.3 Å². The van der Waals surface area contributed by atoms with Gasteiger partial charge in [0.2, 0.25) is 0 Å². The Labute approximate surface area is 102 Å². The van der Waals surface area contributed by atoms with Gasteiger partial charge < -0.3 is 5.32 Å². The lowest BCUT2D eigenvalue weighted by atomic mass is 10.2. The molecule has 0 amide bonds. The summed E-state index contributed by atoms with van der Waals surface area (Å²) in [5.41, 5.74) is 1.30. The molecular weight excluding hydrogens is 242 g/mol. The molecule has 1 rings (SSSR count). The van der Waals surface area contributed by atoms with Crippen LogP contribution < -0.4 is 5.32 Å². The standard InChI is InChI=1S/C11H19NO2S2/c1-11(2,16(3,13)14)9-12-6-4-10-5-7-15-8-10/h5,7-8,12H,4,6,9H2,1-3H3. The predicted octanol–water partition coefficient (Wildman–Crippen LogP) is 1.70. The van der Waals surface area contributed by atoms with Crippen molar-refractivity contribution < 1.29 is 8.42 Å². The summed E-state index contributed by atoms with van der Waals surface area (Å²) in [6.07, 6.45) is 2.23. The van der Waals surface area contributed by atoms with Crippen molar-refractivity contribution in [3.05, 3.63) is 22.4 Å². The lowest BCUT2D eigenvalue weighted by Gasteiger charge is -2.22. The average molecular weight is 261 g/mol. The van der Waals surface area contributed by atoms with Crippen molar-refractivity contribution in [3.8, 4) is 0 Å². The molecule has 3 nitrogen and oxygen atoms in total. The normalized spacial score (nSPS) is 12.9. The van der Waals surface area contributed by atoms with Gasteiger partial charge in [0.25, 0.3) is 0 Å². The van der Waals surface area contributed by atoms with Crippen LogP contribution in [0.2, 0.25) is 0 Å². The van der Waals surface area contributed by atoms with Crippen molar-refractivity contribution in [2.24, 2.45) is 0 Å². The second-order valence-electron chi connectivity index (χ2n) is 4.59. The third kappa shape index (κ3) is 3.88. The van der Waals surface area contributed by atoms with E-state index in [0.29, 0.717) is 6.54 Å². The predicted molar refractivity (Wildman–Crippen MR) is 69.8 cm³/mol. The highest BCUT2D eigenvalue weighted by atomic mass is 32.2. The molecule has 16 heavy (non-hydrogen) atoms. The Balaban J connectivity index is 2.31. The maximum atomic E-state index is 11.4. The highest BCUT2D eigenvalue weighted by Crippen LogP contribution is 2.13. The fourth-order valence-electron chi connectivity index (χ4n) is 1.19. The van der Waals surface area contributed by atoms with Gasteiger partial charge >= 0.3 is 0 Å². The largest absolute Gasteiger partial charge is 0.315 e. The molecule has 0 fully saturated rings. The molecule has 0 atom stereocenters. The van der Waals surface area contributed by atoms with Crippen LogP contribution in [-0.2, 0) is 16.3 Å². The molecule has 0 radical (unpaired) electrons. The van der Waals surface area contributed by atoms with Gasteiger partial charge in [0.15, 0.2) is 9.84 Å². The number of rotatable bonds is 6. The molecule has 0 unspecified atom stereocenters. The van der Waals surface area contributed by atoms with Gasteiger partial charge in [-0.1, -0.05) is 0 Å². The van der Waals surface area contributed by atoms with Crippen molar-refractivity contribution in [1.82, 2.24) is 5.32 Å².